The van der Waals surface area contributed by atoms with E-state index in [1.54, 1.807) is 73.8 Å². The number of hydrogen-bond acceptors (Lipinski definition) is 8. The minimum absolute atomic E-state index is 0.376. The molecule has 0 aliphatic heterocycles. The molecule has 0 atom stereocenters. The summed E-state index contributed by atoms with van der Waals surface area (Å²) >= 11 is 10.6. The van der Waals surface area contributed by atoms with Crippen molar-refractivity contribution in [2.75, 3.05) is 0 Å². The van der Waals surface area contributed by atoms with E-state index in [9.17, 15) is 0 Å². The zero-order chi connectivity index (χ0) is 21.9. The van der Waals surface area contributed by atoms with Gasteiger partial charge in [-0.1, -0.05) is 11.6 Å². The van der Waals surface area contributed by atoms with Crippen molar-refractivity contribution in [2.24, 2.45) is 0 Å². The quantitative estimate of drug-likeness (QED) is 0.340. The van der Waals surface area contributed by atoms with E-state index in [1.807, 2.05) is 0 Å². The number of hydrogen-bond donors (Lipinski definition) is 0. The zero-order valence-corrected chi connectivity index (χ0v) is 18.6. The van der Waals surface area contributed by atoms with Crippen LogP contribution < -0.4 is 0 Å². The van der Waals surface area contributed by atoms with Crippen molar-refractivity contribution in [3.8, 4) is 45.6 Å². The van der Waals surface area contributed by atoms with Gasteiger partial charge in [-0.2, -0.15) is 0 Å². The fraction of sp³-hybridized carbons (Fsp3) is 0. The topological polar surface area (TPSA) is 103 Å². The van der Waals surface area contributed by atoms with E-state index in [0.29, 0.717) is 55.0 Å². The second kappa shape index (κ2) is 8.81. The summed E-state index contributed by atoms with van der Waals surface area (Å²) in [6.45, 7) is 0. The first-order chi connectivity index (χ1) is 15.8. The van der Waals surface area contributed by atoms with Crippen LogP contribution in [0.3, 0.4) is 0 Å². The van der Waals surface area contributed by atoms with Gasteiger partial charge in [0.1, 0.15) is 0 Å². The average Bonchev–Trinajstić information content (AvgIpc) is 2.87. The van der Waals surface area contributed by atoms with Gasteiger partial charge >= 0.3 is 0 Å². The van der Waals surface area contributed by atoms with E-state index >= 15 is 0 Å². The highest BCUT2D eigenvalue weighted by atomic mass is 79.9. The Bertz CT molecular complexity index is 1260. The first kappa shape index (κ1) is 20.2. The van der Waals surface area contributed by atoms with E-state index < -0.39 is 0 Å². The number of halogens is 2. The fourth-order valence-electron chi connectivity index (χ4n) is 3.27. The highest BCUT2D eigenvalue weighted by Gasteiger charge is 2.30. The summed E-state index contributed by atoms with van der Waals surface area (Å²) in [7, 11) is 0. The molecule has 4 aromatic heterocycles. The molecule has 0 aliphatic carbocycles. The largest absolute Gasteiger partial charge is 0.237 e. The Balaban J connectivity index is 2.00. The van der Waals surface area contributed by atoms with Crippen LogP contribution in [-0.4, -0.2) is 39.9 Å². The molecule has 0 spiro atoms. The Labute approximate surface area is 196 Å². The minimum atomic E-state index is 0.376. The SMILES string of the molecule is Clc1c(Br)c(-c2ncccn2)c(-c2ncccn2)c(-c2ncccn2)c1-c1ncccn1. The molecule has 0 radical (unpaired) electrons. The Kier molecular flexibility index (Phi) is 5.57. The highest BCUT2D eigenvalue weighted by Crippen LogP contribution is 2.50. The lowest BCUT2D eigenvalue weighted by atomic mass is 9.93. The zero-order valence-electron chi connectivity index (χ0n) is 16.3. The minimum Gasteiger partial charge on any atom is -0.237 e. The molecular weight excluding hydrogens is 492 g/mol. The first-order valence-electron chi connectivity index (χ1n) is 9.40. The summed E-state index contributed by atoms with van der Waals surface area (Å²) < 4.78 is 0.565. The number of aromatic nitrogens is 8. The second-order valence-electron chi connectivity index (χ2n) is 6.42. The van der Waals surface area contributed by atoms with Crippen molar-refractivity contribution in [2.45, 2.75) is 0 Å². The van der Waals surface area contributed by atoms with Crippen LogP contribution in [0.5, 0.6) is 0 Å². The van der Waals surface area contributed by atoms with E-state index in [0.717, 1.165) is 0 Å². The van der Waals surface area contributed by atoms with Gasteiger partial charge in [-0.15, -0.1) is 0 Å². The second-order valence-corrected chi connectivity index (χ2v) is 7.59. The van der Waals surface area contributed by atoms with Gasteiger partial charge in [0.2, 0.25) is 0 Å². The summed E-state index contributed by atoms with van der Waals surface area (Å²) in [4.78, 5) is 35.7. The van der Waals surface area contributed by atoms with Crippen molar-refractivity contribution in [1.82, 2.24) is 39.9 Å². The molecule has 1 aromatic carbocycles. The van der Waals surface area contributed by atoms with Crippen molar-refractivity contribution < 1.29 is 0 Å². The van der Waals surface area contributed by atoms with Gasteiger partial charge in [0.25, 0.3) is 0 Å². The number of rotatable bonds is 4. The summed E-state index contributed by atoms with van der Waals surface area (Å²) in [5.74, 6) is 1.72. The summed E-state index contributed by atoms with van der Waals surface area (Å²) in [5, 5.41) is 0.376. The Morgan fingerprint density at radius 2 is 0.719 bits per heavy atom. The standard InChI is InChI=1S/C22H12BrClN8/c23-17-15(21-29-9-3-10-30-21)13(19-25-5-1-6-26-19)14(20-27-7-2-8-28-20)16(18(17)24)22-31-11-4-12-32-22/h1-12H. The van der Waals surface area contributed by atoms with Gasteiger partial charge in [-0.3, -0.25) is 0 Å². The lowest BCUT2D eigenvalue weighted by molar-refractivity contribution is 1.13. The molecule has 10 heteroatoms. The normalized spacial score (nSPS) is 10.8. The van der Waals surface area contributed by atoms with Gasteiger partial charge in [-0.25, -0.2) is 39.9 Å². The van der Waals surface area contributed by atoms with Crippen LogP contribution in [0.25, 0.3) is 45.6 Å². The Hall–Kier alpha value is -3.69. The maximum atomic E-state index is 6.92. The third-order valence-electron chi connectivity index (χ3n) is 4.54. The van der Waals surface area contributed by atoms with Crippen LogP contribution in [0.4, 0.5) is 0 Å². The van der Waals surface area contributed by atoms with Crippen molar-refractivity contribution in [1.29, 1.82) is 0 Å². The third-order valence-corrected chi connectivity index (χ3v) is 5.94. The molecule has 32 heavy (non-hydrogen) atoms. The molecule has 0 fully saturated rings. The summed E-state index contributed by atoms with van der Waals surface area (Å²) in [6, 6.07) is 6.96. The molecule has 0 aliphatic rings. The molecule has 0 amide bonds. The van der Waals surface area contributed by atoms with Crippen molar-refractivity contribution in [3.05, 3.63) is 83.3 Å². The molecule has 0 N–H and O–H groups in total. The monoisotopic (exact) mass is 502 g/mol. The predicted octanol–water partition coefficient (Wildman–Crippen LogP) is 4.93. The molecule has 4 heterocycles. The average molecular weight is 504 g/mol. The van der Waals surface area contributed by atoms with Crippen molar-refractivity contribution in [3.63, 3.8) is 0 Å². The van der Waals surface area contributed by atoms with E-state index in [1.165, 1.54) is 0 Å². The summed E-state index contributed by atoms with van der Waals surface area (Å²) in [5.41, 5.74) is 2.36. The van der Waals surface area contributed by atoms with Crippen LogP contribution in [0, 0.1) is 0 Å². The number of benzene rings is 1. The molecule has 0 saturated carbocycles. The van der Waals surface area contributed by atoms with Crippen LogP contribution in [0.15, 0.2) is 78.3 Å². The van der Waals surface area contributed by atoms with Crippen LogP contribution in [0.2, 0.25) is 5.02 Å². The lowest BCUT2D eigenvalue weighted by Crippen LogP contribution is -2.04. The highest BCUT2D eigenvalue weighted by molar-refractivity contribution is 9.10. The van der Waals surface area contributed by atoms with E-state index in [4.69, 9.17) is 11.6 Å². The van der Waals surface area contributed by atoms with Gasteiger partial charge in [-0.05, 0) is 40.2 Å². The van der Waals surface area contributed by atoms with Gasteiger partial charge in [0.05, 0.1) is 10.6 Å². The van der Waals surface area contributed by atoms with Crippen LogP contribution in [-0.2, 0) is 0 Å². The third kappa shape index (κ3) is 3.61. The smallest absolute Gasteiger partial charge is 0.161 e. The maximum absolute atomic E-state index is 6.92. The summed E-state index contributed by atoms with van der Waals surface area (Å²) in [6.07, 6.45) is 13.2. The lowest BCUT2D eigenvalue weighted by Gasteiger charge is -2.19. The molecule has 5 rings (SSSR count). The predicted molar refractivity (Wildman–Crippen MR) is 123 cm³/mol. The van der Waals surface area contributed by atoms with E-state index in [2.05, 4.69) is 55.8 Å². The molecule has 8 nitrogen and oxygen atoms in total. The Morgan fingerprint density at radius 1 is 0.438 bits per heavy atom. The molecule has 0 saturated heterocycles. The van der Waals surface area contributed by atoms with Gasteiger partial charge in [0, 0.05) is 70.7 Å². The molecule has 0 bridgehead atoms. The molecule has 5 aromatic rings. The van der Waals surface area contributed by atoms with E-state index in [-0.39, 0.29) is 0 Å². The fourth-order valence-corrected chi connectivity index (χ4v) is 4.12. The maximum Gasteiger partial charge on any atom is 0.161 e. The number of nitrogens with zero attached hydrogens (tertiary/aromatic N) is 8. The molecule has 154 valence electrons. The molecular formula is C22H12BrClN8. The van der Waals surface area contributed by atoms with Gasteiger partial charge in [0.15, 0.2) is 23.3 Å². The first-order valence-corrected chi connectivity index (χ1v) is 10.6. The van der Waals surface area contributed by atoms with Crippen LogP contribution in [0.1, 0.15) is 0 Å². The Morgan fingerprint density at radius 3 is 1.09 bits per heavy atom. The van der Waals surface area contributed by atoms with Crippen molar-refractivity contribution >= 4 is 27.5 Å². The van der Waals surface area contributed by atoms with Gasteiger partial charge < -0.3 is 0 Å². The van der Waals surface area contributed by atoms with Crippen LogP contribution >= 0.6 is 27.5 Å². The molecule has 0 unspecified atom stereocenters.